The summed E-state index contributed by atoms with van der Waals surface area (Å²) in [6.45, 7) is 0.493. The molecule has 4 heteroatoms. The van der Waals surface area contributed by atoms with Crippen LogP contribution in [0, 0.1) is 22.0 Å². The molecule has 2 aromatic carbocycles. The standard InChI is InChI=1S/C15H12N2O2/c18-17(19)15-10-4-6-13(12-15)7-5-11-16-14-8-2-1-3-9-14/h1-4,6,8-10,12,16H,11H2. The maximum absolute atomic E-state index is 10.6. The third-order valence-electron chi connectivity index (χ3n) is 2.44. The number of hydrogen-bond acceptors (Lipinski definition) is 3. The average Bonchev–Trinajstić information content (AvgIpc) is 2.45. The van der Waals surface area contributed by atoms with Crippen molar-refractivity contribution in [2.24, 2.45) is 0 Å². The first kappa shape index (κ1) is 12.7. The molecule has 0 aliphatic heterocycles. The van der Waals surface area contributed by atoms with Gasteiger partial charge in [-0.25, -0.2) is 0 Å². The Bertz CT molecular complexity index is 627. The van der Waals surface area contributed by atoms with Crippen LogP contribution in [0.3, 0.4) is 0 Å². The number of nitro benzene ring substituents is 1. The number of hydrogen-bond donors (Lipinski definition) is 1. The molecule has 0 aromatic heterocycles. The summed E-state index contributed by atoms with van der Waals surface area (Å²) in [5.74, 6) is 5.83. The minimum absolute atomic E-state index is 0.0582. The van der Waals surface area contributed by atoms with Crippen LogP contribution < -0.4 is 5.32 Å². The molecule has 0 fully saturated rings. The van der Waals surface area contributed by atoms with E-state index < -0.39 is 4.92 Å². The van der Waals surface area contributed by atoms with Gasteiger partial charge < -0.3 is 5.32 Å². The van der Waals surface area contributed by atoms with Gasteiger partial charge in [-0.05, 0) is 18.2 Å². The van der Waals surface area contributed by atoms with Crippen molar-refractivity contribution in [3.05, 3.63) is 70.3 Å². The molecular weight excluding hydrogens is 240 g/mol. The highest BCUT2D eigenvalue weighted by molar-refractivity contribution is 5.46. The fourth-order valence-electron chi connectivity index (χ4n) is 1.55. The molecule has 0 saturated carbocycles. The fourth-order valence-corrected chi connectivity index (χ4v) is 1.55. The van der Waals surface area contributed by atoms with E-state index in [9.17, 15) is 10.1 Å². The van der Waals surface area contributed by atoms with Crippen molar-refractivity contribution in [1.82, 2.24) is 0 Å². The number of rotatable bonds is 3. The van der Waals surface area contributed by atoms with Crippen molar-refractivity contribution in [2.45, 2.75) is 0 Å². The van der Waals surface area contributed by atoms with E-state index in [1.807, 2.05) is 30.3 Å². The van der Waals surface area contributed by atoms with Crippen LogP contribution in [0.1, 0.15) is 5.56 Å². The molecule has 0 bridgehead atoms. The van der Waals surface area contributed by atoms with E-state index in [0.29, 0.717) is 12.1 Å². The summed E-state index contributed by atoms with van der Waals surface area (Å²) in [5.41, 5.74) is 1.70. The molecule has 0 aliphatic carbocycles. The molecule has 0 atom stereocenters. The molecule has 0 amide bonds. The second kappa shape index (κ2) is 6.22. The van der Waals surface area contributed by atoms with Gasteiger partial charge in [0.05, 0.1) is 11.5 Å². The lowest BCUT2D eigenvalue weighted by atomic mass is 10.2. The molecule has 0 saturated heterocycles. The number of non-ortho nitro benzene ring substituents is 1. The minimum atomic E-state index is -0.423. The van der Waals surface area contributed by atoms with Gasteiger partial charge in [-0.3, -0.25) is 10.1 Å². The Morgan fingerprint density at radius 3 is 2.63 bits per heavy atom. The van der Waals surface area contributed by atoms with E-state index in [0.717, 1.165) is 5.69 Å². The Balaban J connectivity index is 1.97. The first-order valence-corrected chi connectivity index (χ1v) is 5.78. The van der Waals surface area contributed by atoms with Gasteiger partial charge >= 0.3 is 0 Å². The van der Waals surface area contributed by atoms with Crippen molar-refractivity contribution in [3.8, 4) is 11.8 Å². The van der Waals surface area contributed by atoms with Gasteiger partial charge in [0, 0.05) is 23.4 Å². The van der Waals surface area contributed by atoms with Crippen molar-refractivity contribution in [3.63, 3.8) is 0 Å². The van der Waals surface area contributed by atoms with E-state index in [-0.39, 0.29) is 5.69 Å². The van der Waals surface area contributed by atoms with Crippen LogP contribution in [0.15, 0.2) is 54.6 Å². The topological polar surface area (TPSA) is 55.2 Å². The van der Waals surface area contributed by atoms with E-state index in [1.54, 1.807) is 12.1 Å². The number of anilines is 1. The van der Waals surface area contributed by atoms with Crippen LogP contribution in [-0.4, -0.2) is 11.5 Å². The number of benzene rings is 2. The summed E-state index contributed by atoms with van der Waals surface area (Å²) in [4.78, 5) is 10.2. The van der Waals surface area contributed by atoms with Gasteiger partial charge in [0.2, 0.25) is 0 Å². The number of para-hydroxylation sites is 1. The second-order valence-corrected chi connectivity index (χ2v) is 3.83. The minimum Gasteiger partial charge on any atom is -0.374 e. The summed E-state index contributed by atoms with van der Waals surface area (Å²) in [6.07, 6.45) is 0. The van der Waals surface area contributed by atoms with Crippen LogP contribution in [0.25, 0.3) is 0 Å². The average molecular weight is 252 g/mol. The lowest BCUT2D eigenvalue weighted by molar-refractivity contribution is -0.384. The molecule has 19 heavy (non-hydrogen) atoms. The predicted octanol–water partition coefficient (Wildman–Crippen LogP) is 3.06. The summed E-state index contributed by atoms with van der Waals surface area (Å²) < 4.78 is 0. The SMILES string of the molecule is O=[N+]([O-])c1cccc(C#CCNc2ccccc2)c1. The quantitative estimate of drug-likeness (QED) is 0.519. The molecule has 1 N–H and O–H groups in total. The maximum Gasteiger partial charge on any atom is 0.270 e. The number of nitrogens with zero attached hydrogens (tertiary/aromatic N) is 1. The zero-order valence-corrected chi connectivity index (χ0v) is 10.2. The highest BCUT2D eigenvalue weighted by Crippen LogP contribution is 2.11. The number of nitro groups is 1. The Labute approximate surface area is 111 Å². The molecule has 2 rings (SSSR count). The van der Waals surface area contributed by atoms with Gasteiger partial charge in [0.25, 0.3) is 5.69 Å². The lowest BCUT2D eigenvalue weighted by Crippen LogP contribution is -1.97. The van der Waals surface area contributed by atoms with Crippen LogP contribution in [0.4, 0.5) is 11.4 Å². The Hall–Kier alpha value is -2.80. The molecule has 4 nitrogen and oxygen atoms in total. The fraction of sp³-hybridized carbons (Fsp3) is 0.0667. The third-order valence-corrected chi connectivity index (χ3v) is 2.44. The molecule has 0 spiro atoms. The summed E-state index contributed by atoms with van der Waals surface area (Å²) in [6, 6.07) is 16.0. The zero-order valence-electron chi connectivity index (χ0n) is 10.2. The van der Waals surface area contributed by atoms with E-state index in [1.165, 1.54) is 12.1 Å². The molecule has 0 heterocycles. The normalized spacial score (nSPS) is 9.26. The Kier molecular flexibility index (Phi) is 4.14. The van der Waals surface area contributed by atoms with Crippen LogP contribution in [0.5, 0.6) is 0 Å². The summed E-state index contributed by atoms with van der Waals surface area (Å²) in [7, 11) is 0. The molecular formula is C15H12N2O2. The molecule has 0 unspecified atom stereocenters. The van der Waals surface area contributed by atoms with E-state index in [4.69, 9.17) is 0 Å². The van der Waals surface area contributed by atoms with Crippen LogP contribution >= 0.6 is 0 Å². The first-order valence-electron chi connectivity index (χ1n) is 5.78. The van der Waals surface area contributed by atoms with Crippen molar-refractivity contribution >= 4 is 11.4 Å². The second-order valence-electron chi connectivity index (χ2n) is 3.83. The Morgan fingerprint density at radius 1 is 1.11 bits per heavy atom. The van der Waals surface area contributed by atoms with Crippen LogP contribution in [0.2, 0.25) is 0 Å². The highest BCUT2D eigenvalue weighted by atomic mass is 16.6. The first-order chi connectivity index (χ1) is 9.25. The Morgan fingerprint density at radius 2 is 1.89 bits per heavy atom. The van der Waals surface area contributed by atoms with Gasteiger partial charge in [0.15, 0.2) is 0 Å². The highest BCUT2D eigenvalue weighted by Gasteiger charge is 2.03. The molecule has 94 valence electrons. The van der Waals surface area contributed by atoms with Gasteiger partial charge in [-0.1, -0.05) is 36.1 Å². The van der Waals surface area contributed by atoms with Crippen molar-refractivity contribution < 1.29 is 4.92 Å². The molecule has 0 aliphatic rings. The van der Waals surface area contributed by atoms with Crippen molar-refractivity contribution in [1.29, 1.82) is 0 Å². The number of nitrogens with one attached hydrogen (secondary N) is 1. The zero-order chi connectivity index (χ0) is 13.5. The largest absolute Gasteiger partial charge is 0.374 e. The summed E-state index contributed by atoms with van der Waals surface area (Å²) in [5, 5.41) is 13.8. The van der Waals surface area contributed by atoms with Gasteiger partial charge in [0.1, 0.15) is 0 Å². The monoisotopic (exact) mass is 252 g/mol. The molecule has 0 radical (unpaired) electrons. The van der Waals surface area contributed by atoms with Gasteiger partial charge in [-0.15, -0.1) is 0 Å². The van der Waals surface area contributed by atoms with E-state index in [2.05, 4.69) is 17.2 Å². The van der Waals surface area contributed by atoms with E-state index >= 15 is 0 Å². The van der Waals surface area contributed by atoms with Crippen LogP contribution in [-0.2, 0) is 0 Å². The third kappa shape index (κ3) is 3.86. The lowest BCUT2D eigenvalue weighted by Gasteiger charge is -1.99. The maximum atomic E-state index is 10.6. The predicted molar refractivity (Wildman–Crippen MR) is 74.9 cm³/mol. The molecule has 2 aromatic rings. The van der Waals surface area contributed by atoms with Crippen molar-refractivity contribution in [2.75, 3.05) is 11.9 Å². The van der Waals surface area contributed by atoms with Gasteiger partial charge in [-0.2, -0.15) is 0 Å². The smallest absolute Gasteiger partial charge is 0.270 e. The summed E-state index contributed by atoms with van der Waals surface area (Å²) >= 11 is 0.